The first-order chi connectivity index (χ1) is 12.0. The first-order valence-electron chi connectivity index (χ1n) is 8.79. The molecule has 4 heteroatoms. The van der Waals surface area contributed by atoms with Gasteiger partial charge in [-0.25, -0.2) is 4.98 Å². The third-order valence-corrected chi connectivity index (χ3v) is 4.61. The zero-order valence-electron chi connectivity index (χ0n) is 15.4. The number of hydrogen-bond acceptors (Lipinski definition) is 3. The van der Waals surface area contributed by atoms with Gasteiger partial charge in [-0.05, 0) is 73.7 Å². The van der Waals surface area contributed by atoms with E-state index < -0.39 is 6.10 Å². The highest BCUT2D eigenvalue weighted by molar-refractivity contribution is 5.77. The Morgan fingerprint density at radius 2 is 1.84 bits per heavy atom. The number of ether oxygens (including phenoxy) is 1. The van der Waals surface area contributed by atoms with Crippen molar-refractivity contribution < 1.29 is 9.84 Å². The van der Waals surface area contributed by atoms with Crippen LogP contribution in [0.1, 0.15) is 29.2 Å². The third kappa shape index (κ3) is 4.02. The molecule has 0 fully saturated rings. The van der Waals surface area contributed by atoms with Crippen molar-refractivity contribution in [2.45, 2.75) is 46.8 Å². The Bertz CT molecular complexity index is 883. The van der Waals surface area contributed by atoms with Gasteiger partial charge in [-0.1, -0.05) is 13.0 Å². The van der Waals surface area contributed by atoms with E-state index in [-0.39, 0.29) is 6.61 Å². The topological polar surface area (TPSA) is 47.3 Å². The van der Waals surface area contributed by atoms with E-state index in [0.717, 1.165) is 23.2 Å². The normalized spacial score (nSPS) is 12.5. The fourth-order valence-corrected chi connectivity index (χ4v) is 3.04. The maximum absolute atomic E-state index is 10.4. The van der Waals surface area contributed by atoms with Gasteiger partial charge in [0.2, 0.25) is 0 Å². The molecule has 25 heavy (non-hydrogen) atoms. The van der Waals surface area contributed by atoms with Crippen molar-refractivity contribution in [3.8, 4) is 5.75 Å². The highest BCUT2D eigenvalue weighted by Crippen LogP contribution is 2.20. The maximum atomic E-state index is 10.4. The quantitative estimate of drug-likeness (QED) is 0.740. The number of rotatable bonds is 6. The van der Waals surface area contributed by atoms with Gasteiger partial charge in [0.05, 0.1) is 23.9 Å². The molecule has 4 nitrogen and oxygen atoms in total. The Morgan fingerprint density at radius 1 is 1.08 bits per heavy atom. The Kier molecular flexibility index (Phi) is 5.09. The van der Waals surface area contributed by atoms with Gasteiger partial charge < -0.3 is 14.4 Å². The molecule has 0 aliphatic rings. The average molecular weight is 338 g/mol. The fourth-order valence-electron chi connectivity index (χ4n) is 3.04. The van der Waals surface area contributed by atoms with Gasteiger partial charge in [0.1, 0.15) is 18.5 Å². The van der Waals surface area contributed by atoms with E-state index in [0.29, 0.717) is 6.54 Å². The van der Waals surface area contributed by atoms with E-state index >= 15 is 0 Å². The molecule has 1 N–H and O–H groups in total. The van der Waals surface area contributed by atoms with E-state index in [1.54, 1.807) is 6.33 Å². The van der Waals surface area contributed by atoms with Crippen molar-refractivity contribution in [3.05, 3.63) is 58.9 Å². The Hall–Kier alpha value is -2.33. The second-order valence-corrected chi connectivity index (χ2v) is 6.79. The Morgan fingerprint density at radius 3 is 2.60 bits per heavy atom. The molecule has 0 aliphatic carbocycles. The largest absolute Gasteiger partial charge is 0.491 e. The minimum absolute atomic E-state index is 0.261. The molecular weight excluding hydrogens is 312 g/mol. The summed E-state index contributed by atoms with van der Waals surface area (Å²) in [5.41, 5.74) is 6.89. The molecule has 0 bridgehead atoms. The summed E-state index contributed by atoms with van der Waals surface area (Å²) in [7, 11) is 0. The van der Waals surface area contributed by atoms with Gasteiger partial charge in [0.25, 0.3) is 0 Å². The maximum Gasteiger partial charge on any atom is 0.119 e. The predicted octanol–water partition coefficient (Wildman–Crippen LogP) is 3.96. The van der Waals surface area contributed by atoms with Crippen LogP contribution in [-0.4, -0.2) is 27.4 Å². The summed E-state index contributed by atoms with van der Waals surface area (Å²) in [4.78, 5) is 4.44. The molecule has 0 unspecified atom stereocenters. The molecule has 2 aromatic carbocycles. The van der Waals surface area contributed by atoms with Crippen LogP contribution in [0, 0.1) is 20.8 Å². The third-order valence-electron chi connectivity index (χ3n) is 4.61. The molecule has 0 spiro atoms. The van der Waals surface area contributed by atoms with Crippen LogP contribution in [0.15, 0.2) is 36.7 Å². The molecule has 132 valence electrons. The fraction of sp³-hybridized carbons (Fsp3) is 0.381. The van der Waals surface area contributed by atoms with Crippen LogP contribution < -0.4 is 4.74 Å². The molecule has 1 atom stereocenters. The van der Waals surface area contributed by atoms with Gasteiger partial charge in [-0.15, -0.1) is 0 Å². The summed E-state index contributed by atoms with van der Waals surface area (Å²) in [6.07, 6.45) is 2.17. The summed E-state index contributed by atoms with van der Waals surface area (Å²) in [6.45, 7) is 9.09. The summed E-state index contributed by atoms with van der Waals surface area (Å²) in [5.74, 6) is 0.817. The van der Waals surface area contributed by atoms with Crippen LogP contribution in [0.4, 0.5) is 0 Å². The van der Waals surface area contributed by atoms with Crippen molar-refractivity contribution in [1.29, 1.82) is 0 Å². The van der Waals surface area contributed by atoms with Gasteiger partial charge >= 0.3 is 0 Å². The highest BCUT2D eigenvalue weighted by Gasteiger charge is 2.11. The first-order valence-corrected chi connectivity index (χ1v) is 8.79. The SMILES string of the molecule is CCc1cc(C)cc(OC[C@@H](O)Cn2cnc3cc(C)c(C)cc32)c1. The number of hydrogen-bond donors (Lipinski definition) is 1. The molecule has 0 amide bonds. The zero-order valence-corrected chi connectivity index (χ0v) is 15.4. The predicted molar refractivity (Wildman–Crippen MR) is 101 cm³/mol. The highest BCUT2D eigenvalue weighted by atomic mass is 16.5. The van der Waals surface area contributed by atoms with Crippen LogP contribution in [0.3, 0.4) is 0 Å². The minimum atomic E-state index is -0.593. The number of fused-ring (bicyclic) bond motifs is 1. The number of imidazole rings is 1. The molecule has 0 radical (unpaired) electrons. The van der Waals surface area contributed by atoms with Gasteiger partial charge in [-0.2, -0.15) is 0 Å². The van der Waals surface area contributed by atoms with Crippen molar-refractivity contribution in [3.63, 3.8) is 0 Å². The van der Waals surface area contributed by atoms with Gasteiger partial charge in [0, 0.05) is 0 Å². The summed E-state index contributed by atoms with van der Waals surface area (Å²) in [5, 5.41) is 10.4. The lowest BCUT2D eigenvalue weighted by Gasteiger charge is -2.15. The number of aryl methyl sites for hydroxylation is 4. The zero-order chi connectivity index (χ0) is 18.0. The second kappa shape index (κ2) is 7.28. The van der Waals surface area contributed by atoms with Crippen molar-refractivity contribution in [2.75, 3.05) is 6.61 Å². The van der Waals surface area contributed by atoms with Crippen LogP contribution in [-0.2, 0) is 13.0 Å². The molecule has 0 saturated carbocycles. The Balaban J connectivity index is 1.68. The second-order valence-electron chi connectivity index (χ2n) is 6.79. The van der Waals surface area contributed by atoms with Crippen molar-refractivity contribution >= 4 is 11.0 Å². The number of nitrogens with zero attached hydrogens (tertiary/aromatic N) is 2. The van der Waals surface area contributed by atoms with Crippen LogP contribution in [0.5, 0.6) is 5.75 Å². The minimum Gasteiger partial charge on any atom is -0.491 e. The van der Waals surface area contributed by atoms with Crippen molar-refractivity contribution in [2.24, 2.45) is 0 Å². The number of aliphatic hydroxyl groups excluding tert-OH is 1. The molecule has 3 rings (SSSR count). The van der Waals surface area contributed by atoms with Crippen molar-refractivity contribution in [1.82, 2.24) is 9.55 Å². The molecule has 0 saturated heterocycles. The number of aromatic nitrogens is 2. The molecular formula is C21H26N2O2. The molecule has 1 aromatic heterocycles. The monoisotopic (exact) mass is 338 g/mol. The lowest BCUT2D eigenvalue weighted by molar-refractivity contribution is 0.0933. The number of benzene rings is 2. The van der Waals surface area contributed by atoms with E-state index in [2.05, 4.69) is 50.9 Å². The van der Waals surface area contributed by atoms with Crippen LogP contribution in [0.2, 0.25) is 0 Å². The van der Waals surface area contributed by atoms with Gasteiger partial charge in [-0.3, -0.25) is 0 Å². The summed E-state index contributed by atoms with van der Waals surface area (Å²) >= 11 is 0. The standard InChI is InChI=1S/C21H26N2O2/c1-5-17-6-14(2)7-19(10-17)25-12-18(24)11-23-13-22-20-8-15(3)16(4)9-21(20)23/h6-10,13,18,24H,5,11-12H2,1-4H3/t18-/m0/s1. The average Bonchev–Trinajstić information content (AvgIpc) is 2.94. The lowest BCUT2D eigenvalue weighted by atomic mass is 10.1. The Labute approximate surface area is 149 Å². The first kappa shape index (κ1) is 17.5. The van der Waals surface area contributed by atoms with Gasteiger partial charge in [0.15, 0.2) is 0 Å². The van der Waals surface area contributed by atoms with Crippen LogP contribution >= 0.6 is 0 Å². The van der Waals surface area contributed by atoms with E-state index in [1.165, 1.54) is 22.3 Å². The summed E-state index contributed by atoms with van der Waals surface area (Å²) < 4.78 is 7.80. The lowest BCUT2D eigenvalue weighted by Crippen LogP contribution is -2.23. The molecule has 0 aliphatic heterocycles. The van der Waals surface area contributed by atoms with E-state index in [4.69, 9.17) is 4.74 Å². The molecule has 1 heterocycles. The van der Waals surface area contributed by atoms with E-state index in [1.807, 2.05) is 16.7 Å². The smallest absolute Gasteiger partial charge is 0.119 e. The number of aliphatic hydroxyl groups is 1. The van der Waals surface area contributed by atoms with Crippen LogP contribution in [0.25, 0.3) is 11.0 Å². The van der Waals surface area contributed by atoms with E-state index in [9.17, 15) is 5.11 Å². The summed E-state index contributed by atoms with van der Waals surface area (Å²) in [6, 6.07) is 10.4. The molecule has 3 aromatic rings.